The standard InChI is InChI=1S/C21H17Br2NO3/c1-25-19-7-5-4-6-16(19)24-17-10-20(26-2)14(22)8-12(17)13-9-15(23)21(27-3)11-18(13)24/h4-11H,1-3H3. The van der Waals surface area contributed by atoms with Crippen molar-refractivity contribution in [2.45, 2.75) is 0 Å². The molecule has 3 aromatic carbocycles. The van der Waals surface area contributed by atoms with Crippen LogP contribution < -0.4 is 14.2 Å². The van der Waals surface area contributed by atoms with E-state index in [1.54, 1.807) is 21.3 Å². The summed E-state index contributed by atoms with van der Waals surface area (Å²) >= 11 is 7.22. The number of hydrogen-bond donors (Lipinski definition) is 0. The fourth-order valence-corrected chi connectivity index (χ4v) is 4.41. The molecule has 0 amide bonds. The number of rotatable bonds is 4. The van der Waals surface area contributed by atoms with E-state index in [0.717, 1.165) is 53.7 Å². The minimum atomic E-state index is 0.771. The summed E-state index contributed by atoms with van der Waals surface area (Å²) in [5, 5.41) is 2.21. The molecule has 0 atom stereocenters. The van der Waals surface area contributed by atoms with Gasteiger partial charge in [0.15, 0.2) is 0 Å². The third kappa shape index (κ3) is 2.87. The number of aromatic nitrogens is 1. The number of benzene rings is 3. The zero-order valence-electron chi connectivity index (χ0n) is 15.0. The molecule has 0 saturated heterocycles. The summed E-state index contributed by atoms with van der Waals surface area (Å²) in [6, 6.07) is 16.2. The van der Waals surface area contributed by atoms with Crippen molar-refractivity contribution in [3.8, 4) is 22.9 Å². The van der Waals surface area contributed by atoms with Crippen LogP contribution in [-0.4, -0.2) is 25.9 Å². The molecule has 27 heavy (non-hydrogen) atoms. The quantitative estimate of drug-likeness (QED) is 0.335. The van der Waals surface area contributed by atoms with Gasteiger partial charge in [0, 0.05) is 22.9 Å². The number of fused-ring (bicyclic) bond motifs is 3. The summed E-state index contributed by atoms with van der Waals surface area (Å²) in [6.07, 6.45) is 0. The molecule has 0 fully saturated rings. The highest BCUT2D eigenvalue weighted by Crippen LogP contribution is 2.42. The first kappa shape index (κ1) is 18.2. The molecule has 4 rings (SSSR count). The van der Waals surface area contributed by atoms with E-state index < -0.39 is 0 Å². The minimum Gasteiger partial charge on any atom is -0.495 e. The van der Waals surface area contributed by atoms with E-state index in [4.69, 9.17) is 14.2 Å². The van der Waals surface area contributed by atoms with E-state index in [1.807, 2.05) is 36.4 Å². The minimum absolute atomic E-state index is 0.771. The highest BCUT2D eigenvalue weighted by Gasteiger charge is 2.19. The summed E-state index contributed by atoms with van der Waals surface area (Å²) in [5.74, 6) is 2.33. The molecule has 0 bridgehead atoms. The summed E-state index contributed by atoms with van der Waals surface area (Å²) in [6.45, 7) is 0. The number of halogens is 2. The monoisotopic (exact) mass is 489 g/mol. The van der Waals surface area contributed by atoms with E-state index in [1.165, 1.54) is 0 Å². The summed E-state index contributed by atoms with van der Waals surface area (Å²) < 4.78 is 20.7. The van der Waals surface area contributed by atoms with Crippen molar-refractivity contribution in [3.05, 3.63) is 57.5 Å². The molecule has 0 spiro atoms. The fraction of sp³-hybridized carbons (Fsp3) is 0.143. The average molecular weight is 491 g/mol. The van der Waals surface area contributed by atoms with E-state index in [9.17, 15) is 0 Å². The normalized spacial score (nSPS) is 11.1. The highest BCUT2D eigenvalue weighted by molar-refractivity contribution is 9.11. The lowest BCUT2D eigenvalue weighted by atomic mass is 10.1. The Morgan fingerprint density at radius 3 is 1.63 bits per heavy atom. The average Bonchev–Trinajstić information content (AvgIpc) is 2.98. The first-order chi connectivity index (χ1) is 13.1. The van der Waals surface area contributed by atoms with E-state index >= 15 is 0 Å². The molecule has 138 valence electrons. The zero-order valence-corrected chi connectivity index (χ0v) is 18.2. The largest absolute Gasteiger partial charge is 0.495 e. The molecule has 0 unspecified atom stereocenters. The van der Waals surface area contributed by atoms with Crippen LogP contribution in [0.1, 0.15) is 0 Å². The van der Waals surface area contributed by atoms with Crippen LogP contribution in [0.25, 0.3) is 27.5 Å². The first-order valence-corrected chi connectivity index (χ1v) is 9.86. The lowest BCUT2D eigenvalue weighted by molar-refractivity contribution is 0.411. The molecule has 4 nitrogen and oxygen atoms in total. The van der Waals surface area contributed by atoms with Gasteiger partial charge in [-0.3, -0.25) is 0 Å². The Balaban J connectivity index is 2.22. The molecule has 4 aromatic rings. The summed E-state index contributed by atoms with van der Waals surface area (Å²) in [5.41, 5.74) is 3.00. The number of hydrogen-bond acceptors (Lipinski definition) is 3. The Bertz CT molecular complexity index is 1100. The van der Waals surface area contributed by atoms with Gasteiger partial charge in [-0.25, -0.2) is 0 Å². The lowest BCUT2D eigenvalue weighted by Crippen LogP contribution is -1.98. The topological polar surface area (TPSA) is 32.6 Å². The van der Waals surface area contributed by atoms with Gasteiger partial charge in [-0.05, 0) is 56.1 Å². The molecule has 0 saturated carbocycles. The number of ether oxygens (including phenoxy) is 3. The molecule has 6 heteroatoms. The maximum Gasteiger partial charge on any atom is 0.142 e. The zero-order chi connectivity index (χ0) is 19.1. The Kier molecular flexibility index (Phi) is 4.78. The molecule has 0 N–H and O–H groups in total. The second kappa shape index (κ2) is 7.09. The van der Waals surface area contributed by atoms with Crippen LogP contribution >= 0.6 is 31.9 Å². The number of para-hydroxylation sites is 2. The van der Waals surface area contributed by atoms with Crippen LogP contribution in [0.4, 0.5) is 0 Å². The van der Waals surface area contributed by atoms with Gasteiger partial charge in [-0.2, -0.15) is 0 Å². The van der Waals surface area contributed by atoms with Gasteiger partial charge >= 0.3 is 0 Å². The van der Waals surface area contributed by atoms with Crippen molar-refractivity contribution < 1.29 is 14.2 Å². The Morgan fingerprint density at radius 2 is 1.15 bits per heavy atom. The van der Waals surface area contributed by atoms with Gasteiger partial charge in [0.25, 0.3) is 0 Å². The number of nitrogens with zero attached hydrogens (tertiary/aromatic N) is 1. The summed E-state index contributed by atoms with van der Waals surface area (Å²) in [7, 11) is 5.02. The van der Waals surface area contributed by atoms with Gasteiger partial charge in [-0.1, -0.05) is 12.1 Å². The molecule has 0 aliphatic rings. The third-order valence-electron chi connectivity index (χ3n) is 4.64. The van der Waals surface area contributed by atoms with Crippen LogP contribution in [0, 0.1) is 0 Å². The van der Waals surface area contributed by atoms with E-state index in [2.05, 4.69) is 48.6 Å². The van der Waals surface area contributed by atoms with Gasteiger partial charge in [-0.15, -0.1) is 0 Å². The van der Waals surface area contributed by atoms with Crippen molar-refractivity contribution >= 4 is 53.7 Å². The molecule has 1 heterocycles. The van der Waals surface area contributed by atoms with Crippen LogP contribution in [-0.2, 0) is 0 Å². The highest BCUT2D eigenvalue weighted by atomic mass is 79.9. The molecule has 1 aromatic heterocycles. The van der Waals surface area contributed by atoms with Crippen LogP contribution in [0.3, 0.4) is 0 Å². The predicted octanol–water partition coefficient (Wildman–Crippen LogP) is 6.33. The van der Waals surface area contributed by atoms with Gasteiger partial charge in [0.05, 0.1) is 47.0 Å². The van der Waals surface area contributed by atoms with Crippen molar-refractivity contribution in [3.63, 3.8) is 0 Å². The molecule has 0 radical (unpaired) electrons. The molecular weight excluding hydrogens is 474 g/mol. The van der Waals surface area contributed by atoms with Crippen molar-refractivity contribution in [1.82, 2.24) is 4.57 Å². The van der Waals surface area contributed by atoms with Crippen molar-refractivity contribution in [2.75, 3.05) is 21.3 Å². The predicted molar refractivity (Wildman–Crippen MR) is 116 cm³/mol. The fourth-order valence-electron chi connectivity index (χ4n) is 3.40. The first-order valence-electron chi connectivity index (χ1n) is 8.27. The van der Waals surface area contributed by atoms with Crippen LogP contribution in [0.2, 0.25) is 0 Å². The lowest BCUT2D eigenvalue weighted by Gasteiger charge is -2.13. The Labute approximate surface area is 173 Å². The van der Waals surface area contributed by atoms with Crippen LogP contribution in [0.5, 0.6) is 17.2 Å². The van der Waals surface area contributed by atoms with Gasteiger partial charge in [0.2, 0.25) is 0 Å². The SMILES string of the molecule is COc1cc2c(cc1Br)c1cc(Br)c(OC)cc1n2-c1ccccc1OC. The van der Waals surface area contributed by atoms with Crippen LogP contribution in [0.15, 0.2) is 57.5 Å². The Morgan fingerprint density at radius 1 is 0.667 bits per heavy atom. The summed E-state index contributed by atoms with van der Waals surface area (Å²) in [4.78, 5) is 0. The van der Waals surface area contributed by atoms with Crippen molar-refractivity contribution in [1.29, 1.82) is 0 Å². The second-order valence-electron chi connectivity index (χ2n) is 6.02. The Hall–Kier alpha value is -2.18. The van der Waals surface area contributed by atoms with E-state index in [0.29, 0.717) is 0 Å². The smallest absolute Gasteiger partial charge is 0.142 e. The second-order valence-corrected chi connectivity index (χ2v) is 7.72. The maximum atomic E-state index is 5.63. The van der Waals surface area contributed by atoms with Gasteiger partial charge in [0.1, 0.15) is 17.2 Å². The van der Waals surface area contributed by atoms with Crippen molar-refractivity contribution in [2.24, 2.45) is 0 Å². The van der Waals surface area contributed by atoms with E-state index in [-0.39, 0.29) is 0 Å². The third-order valence-corrected chi connectivity index (χ3v) is 5.88. The van der Waals surface area contributed by atoms with Gasteiger partial charge < -0.3 is 18.8 Å². The maximum absolute atomic E-state index is 5.63. The molecule has 0 aliphatic carbocycles. The number of methoxy groups -OCH3 is 3. The molecular formula is C21H17Br2NO3. The molecule has 0 aliphatic heterocycles.